The molecule has 0 unspecified atom stereocenters. The zero-order chi connectivity index (χ0) is 16.7. The van der Waals surface area contributed by atoms with Gasteiger partial charge >= 0.3 is 5.97 Å². The van der Waals surface area contributed by atoms with E-state index in [2.05, 4.69) is 10.1 Å². The maximum Gasteiger partial charge on any atom is 0.337 e. The first-order valence-corrected chi connectivity index (χ1v) is 7.58. The third-order valence-electron chi connectivity index (χ3n) is 3.72. The number of carbonyl (C=O) groups is 2. The maximum absolute atomic E-state index is 12.0. The second-order valence-corrected chi connectivity index (χ2v) is 5.39. The van der Waals surface area contributed by atoms with Crippen LogP contribution in [0.4, 0.5) is 0 Å². The molecular formula is C19H21NO3. The molecule has 0 radical (unpaired) electrons. The van der Waals surface area contributed by atoms with Gasteiger partial charge in [-0.05, 0) is 42.2 Å². The van der Waals surface area contributed by atoms with E-state index in [1.54, 1.807) is 12.1 Å². The number of carbonyl (C=O) groups excluding carboxylic acids is 2. The van der Waals surface area contributed by atoms with E-state index in [1.165, 1.54) is 7.11 Å². The third kappa shape index (κ3) is 4.95. The smallest absolute Gasteiger partial charge is 0.337 e. The number of nitrogens with one attached hydrogen (secondary N) is 1. The molecule has 23 heavy (non-hydrogen) atoms. The lowest BCUT2D eigenvalue weighted by Crippen LogP contribution is -2.27. The highest BCUT2D eigenvalue weighted by Gasteiger charge is 2.06. The van der Waals surface area contributed by atoms with Crippen LogP contribution in [0.5, 0.6) is 0 Å². The Hall–Kier alpha value is -2.62. The minimum absolute atomic E-state index is 0.0190. The predicted molar refractivity (Wildman–Crippen MR) is 89.4 cm³/mol. The van der Waals surface area contributed by atoms with Crippen LogP contribution in [0.2, 0.25) is 0 Å². The van der Waals surface area contributed by atoms with Crippen LogP contribution in [-0.4, -0.2) is 25.5 Å². The number of amides is 1. The lowest BCUT2D eigenvalue weighted by molar-refractivity contribution is -0.120. The first kappa shape index (κ1) is 16.7. The Morgan fingerprint density at radius 2 is 1.74 bits per heavy atom. The minimum atomic E-state index is -0.344. The fraction of sp³-hybridized carbons (Fsp3) is 0.263. The second kappa shape index (κ2) is 8.13. The molecule has 0 heterocycles. The second-order valence-electron chi connectivity index (χ2n) is 5.39. The zero-order valence-corrected chi connectivity index (χ0v) is 13.5. The summed E-state index contributed by atoms with van der Waals surface area (Å²) in [5, 5.41) is 2.92. The van der Waals surface area contributed by atoms with Gasteiger partial charge in [0.05, 0.1) is 19.1 Å². The van der Waals surface area contributed by atoms with Gasteiger partial charge in [0, 0.05) is 6.54 Å². The van der Waals surface area contributed by atoms with E-state index in [-0.39, 0.29) is 11.9 Å². The fourth-order valence-corrected chi connectivity index (χ4v) is 2.32. The maximum atomic E-state index is 12.0. The van der Waals surface area contributed by atoms with E-state index in [9.17, 15) is 9.59 Å². The van der Waals surface area contributed by atoms with Crippen LogP contribution in [-0.2, 0) is 22.4 Å². The Kier molecular flexibility index (Phi) is 5.92. The topological polar surface area (TPSA) is 55.4 Å². The summed E-state index contributed by atoms with van der Waals surface area (Å²) >= 11 is 0. The van der Waals surface area contributed by atoms with Gasteiger partial charge in [-0.1, -0.05) is 36.4 Å². The summed E-state index contributed by atoms with van der Waals surface area (Å²) in [6, 6.07) is 15.1. The molecule has 0 aliphatic carbocycles. The lowest BCUT2D eigenvalue weighted by atomic mass is 10.1. The first-order valence-electron chi connectivity index (χ1n) is 7.58. The Labute approximate surface area is 136 Å². The van der Waals surface area contributed by atoms with Crippen molar-refractivity contribution in [2.75, 3.05) is 13.7 Å². The van der Waals surface area contributed by atoms with Crippen LogP contribution in [0.15, 0.2) is 48.5 Å². The average molecular weight is 311 g/mol. The van der Waals surface area contributed by atoms with Crippen molar-refractivity contribution in [3.63, 3.8) is 0 Å². The number of hydrogen-bond acceptors (Lipinski definition) is 3. The van der Waals surface area contributed by atoms with Crippen molar-refractivity contribution in [1.82, 2.24) is 5.32 Å². The van der Waals surface area contributed by atoms with Crippen molar-refractivity contribution in [3.8, 4) is 0 Å². The van der Waals surface area contributed by atoms with Crippen LogP contribution in [0.25, 0.3) is 0 Å². The van der Waals surface area contributed by atoms with Crippen LogP contribution < -0.4 is 5.32 Å². The van der Waals surface area contributed by atoms with Crippen molar-refractivity contribution in [2.45, 2.75) is 19.8 Å². The molecule has 0 aliphatic rings. The summed E-state index contributed by atoms with van der Waals surface area (Å²) in [6.45, 7) is 2.58. The van der Waals surface area contributed by atoms with E-state index in [0.717, 1.165) is 23.1 Å². The van der Waals surface area contributed by atoms with Crippen LogP contribution in [0.1, 0.15) is 27.0 Å². The number of hydrogen-bond donors (Lipinski definition) is 1. The summed E-state index contributed by atoms with van der Waals surface area (Å²) in [6.07, 6.45) is 1.12. The summed E-state index contributed by atoms with van der Waals surface area (Å²) in [5.41, 5.74) is 3.77. The van der Waals surface area contributed by atoms with Crippen molar-refractivity contribution in [1.29, 1.82) is 0 Å². The standard InChI is InChI=1S/C19H21NO3/c1-14-5-3-4-6-17(14)13-18(21)20-12-11-15-7-9-16(10-8-15)19(22)23-2/h3-10H,11-13H2,1-2H3,(H,20,21). The molecule has 2 aromatic carbocycles. The molecule has 2 rings (SSSR count). The molecule has 2 aromatic rings. The van der Waals surface area contributed by atoms with Gasteiger partial charge < -0.3 is 10.1 Å². The molecule has 1 amide bonds. The first-order chi connectivity index (χ1) is 11.1. The average Bonchev–Trinajstić information content (AvgIpc) is 2.57. The fourth-order valence-electron chi connectivity index (χ4n) is 2.32. The number of benzene rings is 2. The molecule has 0 saturated carbocycles. The highest BCUT2D eigenvalue weighted by molar-refractivity contribution is 5.89. The highest BCUT2D eigenvalue weighted by Crippen LogP contribution is 2.08. The van der Waals surface area contributed by atoms with Crippen molar-refractivity contribution in [2.24, 2.45) is 0 Å². The molecule has 4 heteroatoms. The molecule has 120 valence electrons. The largest absolute Gasteiger partial charge is 0.465 e. The third-order valence-corrected chi connectivity index (χ3v) is 3.72. The van der Waals surface area contributed by atoms with Gasteiger partial charge in [-0.2, -0.15) is 0 Å². The lowest BCUT2D eigenvalue weighted by Gasteiger charge is -2.08. The van der Waals surface area contributed by atoms with Crippen LogP contribution in [0, 0.1) is 6.92 Å². The van der Waals surface area contributed by atoms with Crippen LogP contribution >= 0.6 is 0 Å². The summed E-state index contributed by atoms with van der Waals surface area (Å²) in [5.74, 6) is -0.325. The van der Waals surface area contributed by atoms with Gasteiger partial charge in [-0.15, -0.1) is 0 Å². The van der Waals surface area contributed by atoms with Crippen LogP contribution in [0.3, 0.4) is 0 Å². The molecule has 0 aromatic heterocycles. The Morgan fingerprint density at radius 3 is 2.39 bits per heavy atom. The molecule has 0 saturated heterocycles. The Bertz CT molecular complexity index is 677. The number of methoxy groups -OCH3 is 1. The van der Waals surface area contributed by atoms with E-state index < -0.39 is 0 Å². The van der Waals surface area contributed by atoms with Gasteiger partial charge in [0.25, 0.3) is 0 Å². The number of rotatable bonds is 6. The Morgan fingerprint density at radius 1 is 1.04 bits per heavy atom. The molecule has 0 bridgehead atoms. The van der Waals surface area contributed by atoms with Gasteiger partial charge in [0.15, 0.2) is 0 Å². The minimum Gasteiger partial charge on any atom is -0.465 e. The quantitative estimate of drug-likeness (QED) is 0.835. The molecule has 0 fully saturated rings. The normalized spacial score (nSPS) is 10.2. The molecular weight excluding hydrogens is 290 g/mol. The molecule has 0 spiro atoms. The van der Waals surface area contributed by atoms with Crippen molar-refractivity contribution >= 4 is 11.9 Å². The monoisotopic (exact) mass is 311 g/mol. The van der Waals surface area contributed by atoms with Crippen molar-refractivity contribution < 1.29 is 14.3 Å². The van der Waals surface area contributed by atoms with Gasteiger partial charge in [-0.25, -0.2) is 4.79 Å². The van der Waals surface area contributed by atoms with E-state index in [0.29, 0.717) is 18.5 Å². The predicted octanol–water partition coefficient (Wildman–Crippen LogP) is 2.68. The van der Waals surface area contributed by atoms with E-state index >= 15 is 0 Å². The zero-order valence-electron chi connectivity index (χ0n) is 13.5. The molecule has 0 atom stereocenters. The van der Waals surface area contributed by atoms with E-state index in [1.807, 2.05) is 43.3 Å². The van der Waals surface area contributed by atoms with Gasteiger partial charge in [0.2, 0.25) is 5.91 Å². The number of ether oxygens (including phenoxy) is 1. The summed E-state index contributed by atoms with van der Waals surface area (Å²) in [4.78, 5) is 23.3. The number of esters is 1. The summed E-state index contributed by atoms with van der Waals surface area (Å²) in [7, 11) is 1.36. The van der Waals surface area contributed by atoms with E-state index in [4.69, 9.17) is 0 Å². The molecule has 1 N–H and O–H groups in total. The van der Waals surface area contributed by atoms with Crippen molar-refractivity contribution in [3.05, 3.63) is 70.8 Å². The van der Waals surface area contributed by atoms with Gasteiger partial charge in [0.1, 0.15) is 0 Å². The molecule has 0 aliphatic heterocycles. The number of aryl methyl sites for hydroxylation is 1. The molecule has 4 nitrogen and oxygen atoms in total. The van der Waals surface area contributed by atoms with Gasteiger partial charge in [-0.3, -0.25) is 4.79 Å². The Balaban J connectivity index is 1.79. The SMILES string of the molecule is COC(=O)c1ccc(CCNC(=O)Cc2ccccc2C)cc1. The summed E-state index contributed by atoms with van der Waals surface area (Å²) < 4.78 is 4.66. The highest BCUT2D eigenvalue weighted by atomic mass is 16.5.